The van der Waals surface area contributed by atoms with Crippen LogP contribution in [0.3, 0.4) is 0 Å². The van der Waals surface area contributed by atoms with Gasteiger partial charge in [-0.05, 0) is 99.2 Å². The maximum Gasteiger partial charge on any atom is 0.310 e. The smallest absolute Gasteiger partial charge is 0.310 e. The topological polar surface area (TPSA) is 163 Å². The highest BCUT2D eigenvalue weighted by molar-refractivity contribution is 5.78. The fourth-order valence-corrected chi connectivity index (χ4v) is 11.2. The van der Waals surface area contributed by atoms with Gasteiger partial charge in [0.1, 0.15) is 36.8 Å². The van der Waals surface area contributed by atoms with E-state index in [4.69, 9.17) is 14.2 Å². The fourth-order valence-electron chi connectivity index (χ4n) is 11.2. The second-order valence-corrected chi connectivity index (χ2v) is 17.1. The summed E-state index contributed by atoms with van der Waals surface area (Å²) in [5.41, 5.74) is -2.22. The van der Waals surface area contributed by atoms with Gasteiger partial charge in [-0.2, -0.15) is 0 Å². The minimum Gasteiger partial charge on any atom is -0.459 e. The minimum absolute atomic E-state index is 0.00833. The number of esters is 1. The average molecular weight is 635 g/mol. The van der Waals surface area contributed by atoms with Gasteiger partial charge in [-0.3, -0.25) is 4.79 Å². The third-order valence-corrected chi connectivity index (χ3v) is 14.0. The molecule has 5 fully saturated rings. The molecule has 10 nitrogen and oxygen atoms in total. The zero-order valence-electron chi connectivity index (χ0n) is 27.9. The molecule has 0 aromatic rings. The quantitative estimate of drug-likeness (QED) is 0.167. The summed E-state index contributed by atoms with van der Waals surface area (Å²) in [4.78, 5) is 27.1. The third-order valence-electron chi connectivity index (χ3n) is 14.0. The van der Waals surface area contributed by atoms with Crippen molar-refractivity contribution in [3.05, 3.63) is 11.6 Å². The molecule has 14 atom stereocenters. The number of rotatable bonds is 6. The van der Waals surface area contributed by atoms with E-state index in [2.05, 4.69) is 26.8 Å². The first-order valence-corrected chi connectivity index (χ1v) is 16.9. The molecule has 2 heterocycles. The lowest BCUT2D eigenvalue weighted by Gasteiger charge is -2.61. The molecule has 0 amide bonds. The second-order valence-electron chi connectivity index (χ2n) is 17.1. The number of carbonyl (C=O) groups is 2. The van der Waals surface area contributed by atoms with Crippen LogP contribution in [0.5, 0.6) is 0 Å². The van der Waals surface area contributed by atoms with Crippen LogP contribution >= 0.6 is 0 Å². The number of hydrogen-bond donors (Lipinski definition) is 5. The SMILES string of the molecule is C[C@@H]1C[C@H]([C@@H](O)C(C)(C)O)OC(=O)[C@H]1[C@@]1(C)CC[C@@]23C[C@@]24CC[C@H](O[C@@H]2OC[C@@H](O)[C@H](O)[C@H]2O)C(C)(C)C4CC=C3[C@]1(C)C=O. The number of ether oxygens (including phenoxy) is 3. The van der Waals surface area contributed by atoms with E-state index < -0.39 is 65.1 Å². The van der Waals surface area contributed by atoms with E-state index in [-0.39, 0.29) is 40.8 Å². The van der Waals surface area contributed by atoms with Gasteiger partial charge in [-0.25, -0.2) is 0 Å². The number of aliphatic hydroxyl groups is 5. The van der Waals surface area contributed by atoms with Crippen LogP contribution in [0.2, 0.25) is 0 Å². The highest BCUT2D eigenvalue weighted by Crippen LogP contribution is 2.86. The first kappa shape index (κ1) is 33.5. The lowest BCUT2D eigenvalue weighted by atomic mass is 9.43. The van der Waals surface area contributed by atoms with Gasteiger partial charge in [0.2, 0.25) is 0 Å². The van der Waals surface area contributed by atoms with Crippen molar-refractivity contribution in [3.63, 3.8) is 0 Å². The molecule has 2 aliphatic heterocycles. The van der Waals surface area contributed by atoms with Crippen molar-refractivity contribution in [2.45, 2.75) is 142 Å². The molecule has 6 rings (SSSR count). The molecule has 0 bridgehead atoms. The lowest BCUT2D eigenvalue weighted by molar-refractivity contribution is -0.300. The number of aliphatic hydroxyl groups excluding tert-OH is 4. The summed E-state index contributed by atoms with van der Waals surface area (Å²) in [5.74, 6) is -0.816. The van der Waals surface area contributed by atoms with Crippen LogP contribution in [0.1, 0.15) is 93.4 Å². The molecule has 2 spiro atoms. The first-order valence-electron chi connectivity index (χ1n) is 16.9. The summed E-state index contributed by atoms with van der Waals surface area (Å²) >= 11 is 0. The van der Waals surface area contributed by atoms with E-state index in [0.717, 1.165) is 44.0 Å². The van der Waals surface area contributed by atoms with Gasteiger partial charge in [-0.15, -0.1) is 0 Å². The Labute approximate surface area is 266 Å². The Bertz CT molecular complexity index is 1240. The van der Waals surface area contributed by atoms with Gasteiger partial charge in [-0.1, -0.05) is 39.3 Å². The van der Waals surface area contributed by atoms with Gasteiger partial charge in [0.15, 0.2) is 6.29 Å². The van der Waals surface area contributed by atoms with Crippen molar-refractivity contribution < 1.29 is 49.3 Å². The predicted molar refractivity (Wildman–Crippen MR) is 162 cm³/mol. The van der Waals surface area contributed by atoms with Crippen LogP contribution < -0.4 is 0 Å². The van der Waals surface area contributed by atoms with Crippen molar-refractivity contribution in [2.75, 3.05) is 6.61 Å². The number of cyclic esters (lactones) is 1. The molecule has 2 saturated heterocycles. The summed E-state index contributed by atoms with van der Waals surface area (Å²) < 4.78 is 17.8. The zero-order valence-corrected chi connectivity index (χ0v) is 27.9. The Kier molecular flexibility index (Phi) is 7.85. The molecule has 6 aliphatic rings. The van der Waals surface area contributed by atoms with Crippen LogP contribution in [0, 0.1) is 44.8 Å². The third kappa shape index (κ3) is 4.52. The van der Waals surface area contributed by atoms with Crippen LogP contribution in [-0.4, -0.2) is 92.9 Å². The fraction of sp³-hybridized carbons (Fsp3) is 0.886. The predicted octanol–water partition coefficient (Wildman–Crippen LogP) is 2.66. The molecule has 0 aromatic heterocycles. The van der Waals surface area contributed by atoms with Crippen LogP contribution in [-0.2, 0) is 23.8 Å². The molecular weight excluding hydrogens is 580 g/mol. The molecule has 254 valence electrons. The van der Waals surface area contributed by atoms with E-state index >= 15 is 0 Å². The molecule has 45 heavy (non-hydrogen) atoms. The van der Waals surface area contributed by atoms with Gasteiger partial charge in [0.05, 0.1) is 29.6 Å². The van der Waals surface area contributed by atoms with Gasteiger partial charge < -0.3 is 44.5 Å². The van der Waals surface area contributed by atoms with Crippen molar-refractivity contribution in [1.82, 2.24) is 0 Å². The number of allylic oxidation sites excluding steroid dienone is 2. The van der Waals surface area contributed by atoms with Crippen LogP contribution in [0.15, 0.2) is 11.6 Å². The summed E-state index contributed by atoms with van der Waals surface area (Å²) in [6, 6.07) is 0. The standard InChI is InChI=1S/C35H54O10/c1-18-14-20(27(40)31(4,5)42)44-28(41)24(18)32(6)12-13-35-16-34(35)11-10-23(45-29-26(39)25(38)19(37)15-43-29)30(2,3)21(34)8-9-22(35)33(32,7)17-36/h9,17-21,23-27,29,37-40,42H,8,10-16H2,1-7H3/t18-,19-,20-,21?,23+,24+,25+,26-,27-,29+,32-,33+,34-,35+/m1/s1. The first-order chi connectivity index (χ1) is 20.8. The van der Waals surface area contributed by atoms with Crippen molar-refractivity contribution in [3.8, 4) is 0 Å². The monoisotopic (exact) mass is 634 g/mol. The van der Waals surface area contributed by atoms with E-state index in [1.807, 2.05) is 13.8 Å². The summed E-state index contributed by atoms with van der Waals surface area (Å²) in [6.07, 6.45) is 1.67. The Balaban J connectivity index is 1.26. The van der Waals surface area contributed by atoms with Crippen LogP contribution in [0.25, 0.3) is 0 Å². The maximum atomic E-state index is 13.8. The Hall–Kier alpha value is -1.40. The summed E-state index contributed by atoms with van der Waals surface area (Å²) in [7, 11) is 0. The average Bonchev–Trinajstić information content (AvgIpc) is 3.63. The normalized spacial score (nSPS) is 51.5. The zero-order chi connectivity index (χ0) is 33.1. The number of hydrogen-bond acceptors (Lipinski definition) is 10. The van der Waals surface area contributed by atoms with Gasteiger partial charge in [0, 0.05) is 0 Å². The van der Waals surface area contributed by atoms with Crippen molar-refractivity contribution in [1.29, 1.82) is 0 Å². The summed E-state index contributed by atoms with van der Waals surface area (Å²) in [6.45, 7) is 13.4. The largest absolute Gasteiger partial charge is 0.459 e. The maximum absolute atomic E-state index is 13.8. The molecule has 1 unspecified atom stereocenters. The van der Waals surface area contributed by atoms with E-state index in [9.17, 15) is 35.1 Å². The molecule has 3 saturated carbocycles. The minimum atomic E-state index is -1.41. The number of carbonyl (C=O) groups excluding carboxylic acids is 2. The van der Waals surface area contributed by atoms with Gasteiger partial charge in [0.25, 0.3) is 0 Å². The Morgan fingerprint density at radius 3 is 2.40 bits per heavy atom. The lowest BCUT2D eigenvalue weighted by Crippen LogP contribution is -2.61. The highest BCUT2D eigenvalue weighted by Gasteiger charge is 2.80. The molecule has 0 aromatic carbocycles. The Morgan fingerprint density at radius 2 is 1.78 bits per heavy atom. The van der Waals surface area contributed by atoms with E-state index in [1.54, 1.807) is 0 Å². The molecule has 0 radical (unpaired) electrons. The Morgan fingerprint density at radius 1 is 1.09 bits per heavy atom. The number of aldehydes is 1. The second kappa shape index (κ2) is 10.5. The highest BCUT2D eigenvalue weighted by atomic mass is 16.7. The molecule has 4 aliphatic carbocycles. The van der Waals surface area contributed by atoms with Crippen LogP contribution in [0.4, 0.5) is 0 Å². The molecular formula is C35H54O10. The van der Waals surface area contributed by atoms with Crippen molar-refractivity contribution in [2.24, 2.45) is 44.8 Å². The summed E-state index contributed by atoms with van der Waals surface area (Å²) in [5, 5.41) is 51.7. The van der Waals surface area contributed by atoms with E-state index in [0.29, 0.717) is 12.8 Å². The van der Waals surface area contributed by atoms with Gasteiger partial charge >= 0.3 is 5.97 Å². The molecule has 10 heteroatoms. The molecule has 5 N–H and O–H groups in total. The van der Waals surface area contributed by atoms with E-state index in [1.165, 1.54) is 13.8 Å². The van der Waals surface area contributed by atoms with Crippen molar-refractivity contribution >= 4 is 12.3 Å².